The fourth-order valence-electron chi connectivity index (χ4n) is 2.09. The van der Waals surface area contributed by atoms with Crippen molar-refractivity contribution in [3.63, 3.8) is 0 Å². The first-order valence-electron chi connectivity index (χ1n) is 3.86. The van der Waals surface area contributed by atoms with Crippen LogP contribution >= 0.6 is 0 Å². The normalized spacial score (nSPS) is 52.9. The Bertz CT molecular complexity index is 96.2. The Morgan fingerprint density at radius 1 is 1.00 bits per heavy atom. The molecule has 0 aliphatic heterocycles. The molecule has 0 aromatic rings. The van der Waals surface area contributed by atoms with E-state index in [0.717, 1.165) is 5.92 Å². The Morgan fingerprint density at radius 2 is 1.88 bits per heavy atom. The predicted molar refractivity (Wildman–Crippen MR) is 34.6 cm³/mol. The SMILES string of the molecule is CC1CC[C@@H]2C[C@H]2C1. The van der Waals surface area contributed by atoms with Crippen LogP contribution in [0.15, 0.2) is 0 Å². The second-order valence-corrected chi connectivity index (χ2v) is 3.67. The smallest absolute Gasteiger partial charge is 0.0380 e. The van der Waals surface area contributed by atoms with E-state index in [2.05, 4.69) is 6.92 Å². The van der Waals surface area contributed by atoms with Gasteiger partial charge in [-0.15, -0.1) is 0 Å². The summed E-state index contributed by atoms with van der Waals surface area (Å²) in [4.78, 5) is 0. The Labute approximate surface area is 51.3 Å². The highest BCUT2D eigenvalue weighted by Gasteiger charge is 2.40. The van der Waals surface area contributed by atoms with E-state index in [9.17, 15) is 0 Å². The molecular formula is C8H14. The Morgan fingerprint density at radius 3 is 2.50 bits per heavy atom. The first-order chi connectivity index (χ1) is 3.86. The maximum atomic E-state index is 2.40. The predicted octanol–water partition coefficient (Wildman–Crippen LogP) is 2.44. The lowest BCUT2D eigenvalue weighted by atomic mass is 9.91. The second kappa shape index (κ2) is 1.49. The Balaban J connectivity index is 1.93. The molecule has 0 aromatic carbocycles. The molecule has 2 saturated carbocycles. The average molecular weight is 110 g/mol. The third-order valence-electron chi connectivity index (χ3n) is 2.80. The molecular weight excluding hydrogens is 96.1 g/mol. The molecule has 0 saturated heterocycles. The van der Waals surface area contributed by atoms with E-state index in [1.807, 2.05) is 0 Å². The van der Waals surface area contributed by atoms with Crippen molar-refractivity contribution in [2.24, 2.45) is 17.8 Å². The molecule has 0 heterocycles. The summed E-state index contributed by atoms with van der Waals surface area (Å²) in [5.74, 6) is 3.42. The third-order valence-corrected chi connectivity index (χ3v) is 2.80. The minimum atomic E-state index is 1.05. The van der Waals surface area contributed by atoms with Crippen molar-refractivity contribution in [1.82, 2.24) is 0 Å². The number of rotatable bonds is 0. The Kier molecular flexibility index (Phi) is 0.902. The van der Waals surface area contributed by atoms with Gasteiger partial charge < -0.3 is 0 Å². The van der Waals surface area contributed by atoms with Gasteiger partial charge >= 0.3 is 0 Å². The van der Waals surface area contributed by atoms with Crippen molar-refractivity contribution in [2.45, 2.75) is 32.6 Å². The Hall–Kier alpha value is 0. The van der Waals surface area contributed by atoms with Crippen LogP contribution in [-0.2, 0) is 0 Å². The molecule has 0 bridgehead atoms. The van der Waals surface area contributed by atoms with E-state index < -0.39 is 0 Å². The average Bonchev–Trinajstić information content (AvgIpc) is 2.43. The maximum absolute atomic E-state index is 2.40. The number of hydrogen-bond acceptors (Lipinski definition) is 0. The van der Waals surface area contributed by atoms with Crippen LogP contribution in [0.5, 0.6) is 0 Å². The summed E-state index contributed by atoms with van der Waals surface area (Å²) in [6.45, 7) is 2.40. The highest BCUT2D eigenvalue weighted by molar-refractivity contribution is 4.91. The molecule has 8 heavy (non-hydrogen) atoms. The van der Waals surface area contributed by atoms with Crippen molar-refractivity contribution in [3.8, 4) is 0 Å². The van der Waals surface area contributed by atoms with Crippen LogP contribution in [0.25, 0.3) is 0 Å². The minimum Gasteiger partial charge on any atom is -0.0625 e. The molecule has 0 spiro atoms. The van der Waals surface area contributed by atoms with Gasteiger partial charge in [-0.1, -0.05) is 13.3 Å². The van der Waals surface area contributed by atoms with Crippen molar-refractivity contribution in [1.29, 1.82) is 0 Å². The standard InChI is InChI=1S/C8H14/c1-6-2-3-7-5-8(7)4-6/h6-8H,2-5H2,1H3/t6?,7-,8-/m1/s1. The molecule has 0 radical (unpaired) electrons. The van der Waals surface area contributed by atoms with Gasteiger partial charge in [0, 0.05) is 0 Å². The summed E-state index contributed by atoms with van der Waals surface area (Å²) in [6.07, 6.45) is 6.18. The van der Waals surface area contributed by atoms with E-state index in [1.54, 1.807) is 19.3 Å². The first kappa shape index (κ1) is 4.84. The van der Waals surface area contributed by atoms with Crippen LogP contribution in [-0.4, -0.2) is 0 Å². The summed E-state index contributed by atoms with van der Waals surface area (Å²) in [5.41, 5.74) is 0. The van der Waals surface area contributed by atoms with E-state index in [4.69, 9.17) is 0 Å². The summed E-state index contributed by atoms with van der Waals surface area (Å²) in [7, 11) is 0. The van der Waals surface area contributed by atoms with E-state index in [1.165, 1.54) is 18.3 Å². The minimum absolute atomic E-state index is 1.05. The summed E-state index contributed by atoms with van der Waals surface area (Å²) >= 11 is 0. The van der Waals surface area contributed by atoms with E-state index in [-0.39, 0.29) is 0 Å². The van der Waals surface area contributed by atoms with Gasteiger partial charge in [0.2, 0.25) is 0 Å². The molecule has 2 fully saturated rings. The van der Waals surface area contributed by atoms with Crippen LogP contribution in [0.2, 0.25) is 0 Å². The zero-order chi connectivity index (χ0) is 5.56. The van der Waals surface area contributed by atoms with Crippen molar-refractivity contribution < 1.29 is 0 Å². The van der Waals surface area contributed by atoms with Gasteiger partial charge in [0.1, 0.15) is 0 Å². The molecule has 3 atom stereocenters. The lowest BCUT2D eigenvalue weighted by molar-refractivity contribution is 0.368. The largest absolute Gasteiger partial charge is 0.0625 e. The molecule has 0 N–H and O–H groups in total. The molecule has 1 unspecified atom stereocenters. The van der Waals surface area contributed by atoms with Gasteiger partial charge in [-0.3, -0.25) is 0 Å². The van der Waals surface area contributed by atoms with Gasteiger partial charge in [0.25, 0.3) is 0 Å². The van der Waals surface area contributed by atoms with Crippen LogP contribution in [0.4, 0.5) is 0 Å². The second-order valence-electron chi connectivity index (χ2n) is 3.67. The zero-order valence-corrected chi connectivity index (χ0v) is 5.56. The van der Waals surface area contributed by atoms with Gasteiger partial charge in [0.05, 0.1) is 0 Å². The third kappa shape index (κ3) is 0.667. The van der Waals surface area contributed by atoms with Crippen molar-refractivity contribution in [3.05, 3.63) is 0 Å². The van der Waals surface area contributed by atoms with E-state index >= 15 is 0 Å². The van der Waals surface area contributed by atoms with Gasteiger partial charge in [-0.05, 0) is 37.0 Å². The molecule has 2 rings (SSSR count). The fourth-order valence-corrected chi connectivity index (χ4v) is 2.09. The fraction of sp³-hybridized carbons (Fsp3) is 1.00. The van der Waals surface area contributed by atoms with Crippen LogP contribution in [0.3, 0.4) is 0 Å². The molecule has 0 heteroatoms. The molecule has 0 nitrogen and oxygen atoms in total. The van der Waals surface area contributed by atoms with Crippen LogP contribution in [0.1, 0.15) is 32.6 Å². The van der Waals surface area contributed by atoms with Crippen molar-refractivity contribution >= 4 is 0 Å². The van der Waals surface area contributed by atoms with Gasteiger partial charge in [-0.2, -0.15) is 0 Å². The van der Waals surface area contributed by atoms with Gasteiger partial charge in [0.15, 0.2) is 0 Å². The van der Waals surface area contributed by atoms with Crippen molar-refractivity contribution in [2.75, 3.05) is 0 Å². The zero-order valence-electron chi connectivity index (χ0n) is 5.56. The molecule has 2 aliphatic rings. The summed E-state index contributed by atoms with van der Waals surface area (Å²) < 4.78 is 0. The quantitative estimate of drug-likeness (QED) is 0.449. The topological polar surface area (TPSA) is 0 Å². The maximum Gasteiger partial charge on any atom is -0.0380 e. The first-order valence-corrected chi connectivity index (χ1v) is 3.86. The number of fused-ring (bicyclic) bond motifs is 1. The summed E-state index contributed by atoms with van der Waals surface area (Å²) in [5, 5.41) is 0. The lowest BCUT2D eigenvalue weighted by Gasteiger charge is -2.15. The van der Waals surface area contributed by atoms with E-state index in [0.29, 0.717) is 0 Å². The molecule has 2 aliphatic carbocycles. The lowest BCUT2D eigenvalue weighted by Crippen LogP contribution is -2.03. The van der Waals surface area contributed by atoms with Crippen LogP contribution in [0, 0.1) is 17.8 Å². The highest BCUT2D eigenvalue weighted by atomic mass is 14.5. The highest BCUT2D eigenvalue weighted by Crippen LogP contribution is 2.51. The van der Waals surface area contributed by atoms with Gasteiger partial charge in [-0.25, -0.2) is 0 Å². The molecule has 46 valence electrons. The van der Waals surface area contributed by atoms with Crippen LogP contribution < -0.4 is 0 Å². The monoisotopic (exact) mass is 110 g/mol. The molecule has 0 amide bonds. The summed E-state index contributed by atoms with van der Waals surface area (Å²) in [6, 6.07) is 0. The molecule has 0 aromatic heterocycles. The number of hydrogen-bond donors (Lipinski definition) is 0.